The van der Waals surface area contributed by atoms with E-state index in [-0.39, 0.29) is 10.6 Å². The van der Waals surface area contributed by atoms with Gasteiger partial charge in [-0.2, -0.15) is 0 Å². The summed E-state index contributed by atoms with van der Waals surface area (Å²) in [6.07, 6.45) is 0.697. The van der Waals surface area contributed by atoms with E-state index in [2.05, 4.69) is 15.9 Å². The number of halogens is 1. The van der Waals surface area contributed by atoms with Gasteiger partial charge in [0, 0.05) is 11.1 Å². The van der Waals surface area contributed by atoms with Gasteiger partial charge in [-0.1, -0.05) is 40.2 Å². The Kier molecular flexibility index (Phi) is 3.37. The molecule has 1 unspecified atom stereocenters. The number of aldehydes is 1. The molecule has 3 heteroatoms. The molecule has 1 atom stereocenters. The van der Waals surface area contributed by atoms with Crippen LogP contribution in [0.3, 0.4) is 0 Å². The number of carbonyl (C=O) groups is 2. The average molecular weight is 241 g/mol. The van der Waals surface area contributed by atoms with Gasteiger partial charge in [-0.25, -0.2) is 0 Å². The normalized spacial score (nSPS) is 12.2. The van der Waals surface area contributed by atoms with Crippen LogP contribution in [0, 0.1) is 0 Å². The first kappa shape index (κ1) is 10.1. The Bertz CT molecular complexity index is 331. The van der Waals surface area contributed by atoms with E-state index in [1.54, 1.807) is 31.2 Å². The third-order valence-corrected chi connectivity index (χ3v) is 2.13. The summed E-state index contributed by atoms with van der Waals surface area (Å²) >= 11 is 3.17. The summed E-state index contributed by atoms with van der Waals surface area (Å²) in [4.78, 5) is 21.8. The Balaban J connectivity index is 3.13. The summed E-state index contributed by atoms with van der Waals surface area (Å²) in [6.45, 7) is 1.74. The molecule has 0 bridgehead atoms. The second-order valence-corrected chi connectivity index (χ2v) is 4.06. The fraction of sp³-hybridized carbons (Fsp3) is 0.200. The maximum Gasteiger partial charge on any atom is 0.176 e. The van der Waals surface area contributed by atoms with Crippen molar-refractivity contribution in [3.05, 3.63) is 35.4 Å². The second kappa shape index (κ2) is 4.33. The van der Waals surface area contributed by atoms with Crippen molar-refractivity contribution in [2.24, 2.45) is 0 Å². The van der Waals surface area contributed by atoms with E-state index < -0.39 is 0 Å². The zero-order valence-corrected chi connectivity index (χ0v) is 8.74. The van der Waals surface area contributed by atoms with Crippen LogP contribution in [0.15, 0.2) is 24.3 Å². The molecule has 0 fully saturated rings. The standard InChI is InChI=1S/C10H9BrO2/c1-7(11)10(13)9-5-3-2-4-8(9)6-12/h2-7H,1H3. The van der Waals surface area contributed by atoms with Crippen molar-refractivity contribution >= 4 is 28.0 Å². The number of hydrogen-bond donors (Lipinski definition) is 0. The molecule has 0 saturated heterocycles. The van der Waals surface area contributed by atoms with Crippen LogP contribution < -0.4 is 0 Å². The van der Waals surface area contributed by atoms with Crippen LogP contribution in [0.2, 0.25) is 0 Å². The van der Waals surface area contributed by atoms with Crippen LogP contribution in [0.25, 0.3) is 0 Å². The van der Waals surface area contributed by atoms with Crippen LogP contribution in [0.5, 0.6) is 0 Å². The lowest BCUT2D eigenvalue weighted by molar-refractivity contribution is 0.0989. The zero-order chi connectivity index (χ0) is 9.84. The van der Waals surface area contributed by atoms with E-state index in [4.69, 9.17) is 0 Å². The van der Waals surface area contributed by atoms with E-state index in [0.717, 1.165) is 0 Å². The molecule has 0 amide bonds. The van der Waals surface area contributed by atoms with Crippen molar-refractivity contribution in [1.82, 2.24) is 0 Å². The molecule has 0 spiro atoms. The summed E-state index contributed by atoms with van der Waals surface area (Å²) in [5.74, 6) is -0.0669. The van der Waals surface area contributed by atoms with Gasteiger partial charge in [0.05, 0.1) is 4.83 Å². The van der Waals surface area contributed by atoms with Crippen molar-refractivity contribution in [3.63, 3.8) is 0 Å². The van der Waals surface area contributed by atoms with Crippen LogP contribution in [-0.4, -0.2) is 16.9 Å². The van der Waals surface area contributed by atoms with Crippen LogP contribution >= 0.6 is 15.9 Å². The molecule has 0 heterocycles. The lowest BCUT2D eigenvalue weighted by atomic mass is 10.0. The number of ketones is 1. The van der Waals surface area contributed by atoms with Crippen LogP contribution in [-0.2, 0) is 0 Å². The number of benzene rings is 1. The quantitative estimate of drug-likeness (QED) is 0.462. The highest BCUT2D eigenvalue weighted by Gasteiger charge is 2.14. The van der Waals surface area contributed by atoms with Crippen molar-refractivity contribution in [2.75, 3.05) is 0 Å². The summed E-state index contributed by atoms with van der Waals surface area (Å²) < 4.78 is 0. The predicted octanol–water partition coefficient (Wildman–Crippen LogP) is 2.47. The molecule has 1 aromatic rings. The predicted molar refractivity (Wildman–Crippen MR) is 54.5 cm³/mol. The summed E-state index contributed by atoms with van der Waals surface area (Å²) in [5.41, 5.74) is 0.917. The molecular weight excluding hydrogens is 232 g/mol. The highest BCUT2D eigenvalue weighted by atomic mass is 79.9. The smallest absolute Gasteiger partial charge is 0.176 e. The van der Waals surface area contributed by atoms with E-state index in [9.17, 15) is 9.59 Å². The topological polar surface area (TPSA) is 34.1 Å². The van der Waals surface area contributed by atoms with E-state index in [0.29, 0.717) is 17.4 Å². The molecule has 0 aromatic heterocycles. The third kappa shape index (κ3) is 2.25. The molecule has 0 aliphatic heterocycles. The van der Waals surface area contributed by atoms with E-state index in [1.807, 2.05) is 0 Å². The molecule has 2 nitrogen and oxygen atoms in total. The molecule has 1 aromatic carbocycles. The maximum absolute atomic E-state index is 11.5. The molecule has 1 rings (SSSR count). The van der Waals surface area contributed by atoms with Gasteiger partial charge in [-0.3, -0.25) is 9.59 Å². The van der Waals surface area contributed by atoms with Gasteiger partial charge in [0.2, 0.25) is 0 Å². The Labute approximate surface area is 85.1 Å². The van der Waals surface area contributed by atoms with Crippen molar-refractivity contribution in [1.29, 1.82) is 0 Å². The Morgan fingerprint density at radius 2 is 2.08 bits per heavy atom. The van der Waals surface area contributed by atoms with Crippen molar-refractivity contribution in [3.8, 4) is 0 Å². The fourth-order valence-electron chi connectivity index (χ4n) is 1.04. The number of Topliss-reactive ketones (excluding diaryl/α,β-unsaturated/α-hetero) is 1. The molecule has 68 valence electrons. The minimum atomic E-state index is -0.256. The van der Waals surface area contributed by atoms with Crippen molar-refractivity contribution < 1.29 is 9.59 Å². The van der Waals surface area contributed by atoms with Crippen LogP contribution in [0.4, 0.5) is 0 Å². The van der Waals surface area contributed by atoms with Gasteiger partial charge in [-0.05, 0) is 6.92 Å². The molecule has 0 aliphatic rings. The first-order valence-electron chi connectivity index (χ1n) is 3.89. The van der Waals surface area contributed by atoms with E-state index in [1.165, 1.54) is 0 Å². The fourth-order valence-corrected chi connectivity index (χ4v) is 1.29. The molecular formula is C10H9BrO2. The Morgan fingerprint density at radius 1 is 1.46 bits per heavy atom. The average Bonchev–Trinajstić information content (AvgIpc) is 2.16. The lowest BCUT2D eigenvalue weighted by Gasteiger charge is -2.04. The van der Waals surface area contributed by atoms with Gasteiger partial charge < -0.3 is 0 Å². The summed E-state index contributed by atoms with van der Waals surface area (Å²) in [5, 5.41) is 0. The van der Waals surface area contributed by atoms with Gasteiger partial charge in [0.1, 0.15) is 0 Å². The largest absolute Gasteiger partial charge is 0.298 e. The third-order valence-electron chi connectivity index (χ3n) is 1.71. The highest BCUT2D eigenvalue weighted by molar-refractivity contribution is 9.10. The first-order chi connectivity index (χ1) is 6.16. The molecule has 0 radical (unpaired) electrons. The number of alkyl halides is 1. The van der Waals surface area contributed by atoms with E-state index >= 15 is 0 Å². The zero-order valence-electron chi connectivity index (χ0n) is 7.16. The maximum atomic E-state index is 11.5. The SMILES string of the molecule is CC(Br)C(=O)c1ccccc1C=O. The van der Waals surface area contributed by atoms with Gasteiger partial charge in [0.15, 0.2) is 12.1 Å². The summed E-state index contributed by atoms with van der Waals surface area (Å²) in [7, 11) is 0. The molecule has 13 heavy (non-hydrogen) atoms. The molecule has 0 saturated carbocycles. The number of hydrogen-bond acceptors (Lipinski definition) is 2. The van der Waals surface area contributed by atoms with Crippen LogP contribution in [0.1, 0.15) is 27.6 Å². The molecule has 0 aliphatic carbocycles. The number of rotatable bonds is 3. The van der Waals surface area contributed by atoms with Gasteiger partial charge >= 0.3 is 0 Å². The highest BCUT2D eigenvalue weighted by Crippen LogP contribution is 2.12. The Morgan fingerprint density at radius 3 is 2.62 bits per heavy atom. The molecule has 0 N–H and O–H groups in total. The lowest BCUT2D eigenvalue weighted by Crippen LogP contribution is -2.12. The minimum Gasteiger partial charge on any atom is -0.298 e. The summed E-state index contributed by atoms with van der Waals surface area (Å²) in [6, 6.07) is 6.77. The first-order valence-corrected chi connectivity index (χ1v) is 4.81. The second-order valence-electron chi connectivity index (χ2n) is 2.69. The Hall–Kier alpha value is -0.960. The minimum absolute atomic E-state index is 0.0669. The van der Waals surface area contributed by atoms with Gasteiger partial charge in [0.25, 0.3) is 0 Å². The number of carbonyl (C=O) groups excluding carboxylic acids is 2. The van der Waals surface area contributed by atoms with Gasteiger partial charge in [-0.15, -0.1) is 0 Å². The monoisotopic (exact) mass is 240 g/mol. The van der Waals surface area contributed by atoms with Crippen molar-refractivity contribution in [2.45, 2.75) is 11.8 Å².